The number of alkyl halides is 1. The van der Waals surface area contributed by atoms with Gasteiger partial charge in [-0.05, 0) is 103 Å². The molecule has 12 heteroatoms. The minimum atomic E-state index is -4.09. The summed E-state index contributed by atoms with van der Waals surface area (Å²) in [5, 5.41) is -0.186. The number of nitrogens with zero attached hydrogens (tertiary/aromatic N) is 2. The van der Waals surface area contributed by atoms with Crippen molar-refractivity contribution in [2.75, 3.05) is 42.7 Å². The molecule has 2 aliphatic heterocycles. The largest absolute Gasteiger partial charge is 0.489 e. The number of ether oxygens (including phenoxy) is 2. The molecule has 5 atom stereocenters. The third-order valence-electron chi connectivity index (χ3n) is 10.0. The molecular formula is C35H45ClIN3O6S. The fourth-order valence-corrected chi connectivity index (χ4v) is 9.30. The molecule has 1 saturated carbocycles. The van der Waals surface area contributed by atoms with Crippen molar-refractivity contribution in [3.05, 3.63) is 64.3 Å². The second-order valence-electron chi connectivity index (χ2n) is 13.1. The van der Waals surface area contributed by atoms with Gasteiger partial charge in [0.15, 0.2) is 17.4 Å². The van der Waals surface area contributed by atoms with Crippen LogP contribution in [-0.2, 0) is 31.4 Å². The number of fused-ring (bicyclic) bond motifs is 4. The number of anilines is 1. The number of allylic oxidation sites excluding steroid dienone is 2. The van der Waals surface area contributed by atoms with E-state index in [4.69, 9.17) is 26.1 Å². The first kappa shape index (κ1) is 36.1. The number of carbonyl (C=O) groups is 2. The van der Waals surface area contributed by atoms with E-state index in [-0.39, 0.29) is 47.7 Å². The first-order chi connectivity index (χ1) is 22.5. The number of amides is 1. The van der Waals surface area contributed by atoms with Gasteiger partial charge in [0.05, 0.1) is 11.9 Å². The third kappa shape index (κ3) is 7.99. The van der Waals surface area contributed by atoms with E-state index in [9.17, 15) is 18.0 Å². The standard InChI is InChI=1S/C33H40ClN3O6S.C2H5I/c1-21-5-3-7-28(38)25-10-8-23(25)18-37-19-33(15-4-6-22-17-24(34)9-11-26(22)33)20-43-29-13-12-27(35-31(29)37)32(39)36-44(40,41)30(21)14-16-42-2;1-2-3/h3,7,9,11-13,17,21,23,25,30H,4-6,8,10,14-16,18-20H2,1-2H3,(H,36,39);2H2,1H3/b7-3+;/t21-,23-,25+,30+,33-;/m0./s1. The number of hydrogen-bond acceptors (Lipinski definition) is 8. The van der Waals surface area contributed by atoms with E-state index in [1.807, 2.05) is 19.1 Å². The summed E-state index contributed by atoms with van der Waals surface area (Å²) in [4.78, 5) is 33.7. The lowest BCUT2D eigenvalue weighted by Gasteiger charge is -2.43. The molecular weight excluding hydrogens is 753 g/mol. The average Bonchev–Trinajstić information content (AvgIpc) is 3.16. The van der Waals surface area contributed by atoms with Crippen molar-refractivity contribution >= 4 is 61.7 Å². The number of rotatable bonds is 3. The summed E-state index contributed by atoms with van der Waals surface area (Å²) in [7, 11) is -2.58. The maximum atomic E-state index is 13.5. The van der Waals surface area contributed by atoms with Gasteiger partial charge in [-0.1, -0.05) is 60.2 Å². The summed E-state index contributed by atoms with van der Waals surface area (Å²) in [5.74, 6) is -0.00478. The highest BCUT2D eigenvalue weighted by Gasteiger charge is 2.45. The molecule has 0 radical (unpaired) electrons. The van der Waals surface area contributed by atoms with Crippen molar-refractivity contribution < 1.29 is 27.5 Å². The molecule has 0 unspecified atom stereocenters. The van der Waals surface area contributed by atoms with Crippen LogP contribution in [0.2, 0.25) is 5.02 Å². The average molecular weight is 798 g/mol. The zero-order valence-electron chi connectivity index (χ0n) is 27.3. The summed E-state index contributed by atoms with van der Waals surface area (Å²) < 4.78 is 42.2. The topological polar surface area (TPSA) is 115 Å². The third-order valence-corrected chi connectivity index (χ3v) is 12.2. The van der Waals surface area contributed by atoms with Crippen molar-refractivity contribution in [3.63, 3.8) is 0 Å². The lowest BCUT2D eigenvalue weighted by atomic mass is 9.69. The van der Waals surface area contributed by atoms with Gasteiger partial charge in [-0.25, -0.2) is 18.1 Å². The van der Waals surface area contributed by atoms with Crippen LogP contribution in [0.15, 0.2) is 42.5 Å². The minimum absolute atomic E-state index is 0.000860. The predicted octanol–water partition coefficient (Wildman–Crippen LogP) is 6.31. The normalized spacial score (nSPS) is 29.1. The van der Waals surface area contributed by atoms with Crippen LogP contribution in [0.25, 0.3) is 0 Å². The van der Waals surface area contributed by atoms with E-state index in [0.717, 1.165) is 32.1 Å². The lowest BCUT2D eigenvalue weighted by Crippen LogP contribution is -2.49. The number of aryl methyl sites for hydroxylation is 1. The van der Waals surface area contributed by atoms with Crippen molar-refractivity contribution in [2.45, 2.75) is 69.5 Å². The fourth-order valence-electron chi connectivity index (χ4n) is 7.46. The molecule has 47 heavy (non-hydrogen) atoms. The Bertz CT molecular complexity index is 1600. The molecule has 0 saturated heterocycles. The van der Waals surface area contributed by atoms with Crippen molar-refractivity contribution in [2.24, 2.45) is 17.8 Å². The minimum Gasteiger partial charge on any atom is -0.489 e. The van der Waals surface area contributed by atoms with E-state index in [1.165, 1.54) is 28.7 Å². The van der Waals surface area contributed by atoms with Crippen LogP contribution >= 0.6 is 34.2 Å². The van der Waals surface area contributed by atoms with Crippen LogP contribution in [0.4, 0.5) is 5.82 Å². The van der Waals surface area contributed by atoms with Crippen LogP contribution in [-0.4, -0.2) is 68.2 Å². The fraction of sp³-hybridized carbons (Fsp3) is 0.571. The Kier molecular flexibility index (Phi) is 11.9. The number of hydrogen-bond donors (Lipinski definition) is 1. The van der Waals surface area contributed by atoms with Gasteiger partial charge in [-0.2, -0.15) is 0 Å². The molecule has 1 aromatic heterocycles. The molecule has 4 aliphatic rings. The molecule has 6 rings (SSSR count). The number of pyridine rings is 1. The van der Waals surface area contributed by atoms with E-state index < -0.39 is 21.2 Å². The smallest absolute Gasteiger partial charge is 0.283 e. The van der Waals surface area contributed by atoms with Crippen LogP contribution in [0.3, 0.4) is 0 Å². The Hall–Kier alpha value is -2.22. The van der Waals surface area contributed by atoms with Gasteiger partial charge in [0.25, 0.3) is 5.91 Å². The molecule has 2 bridgehead atoms. The van der Waals surface area contributed by atoms with Crippen LogP contribution in [0, 0.1) is 17.8 Å². The second kappa shape index (κ2) is 15.6. The van der Waals surface area contributed by atoms with Crippen molar-refractivity contribution in [1.82, 2.24) is 9.71 Å². The number of sulfonamides is 1. The van der Waals surface area contributed by atoms with Gasteiger partial charge in [0.2, 0.25) is 10.0 Å². The highest BCUT2D eigenvalue weighted by molar-refractivity contribution is 14.1. The van der Waals surface area contributed by atoms with Gasteiger partial charge < -0.3 is 14.4 Å². The van der Waals surface area contributed by atoms with E-state index >= 15 is 0 Å². The van der Waals surface area contributed by atoms with Crippen LogP contribution in [0.1, 0.15) is 74.0 Å². The first-order valence-corrected chi connectivity index (χ1v) is 20.0. The van der Waals surface area contributed by atoms with E-state index in [0.29, 0.717) is 42.7 Å². The maximum absolute atomic E-state index is 13.5. The van der Waals surface area contributed by atoms with E-state index in [1.54, 1.807) is 18.2 Å². The molecule has 1 amide bonds. The number of methoxy groups -OCH3 is 1. The number of nitrogens with one attached hydrogen (secondary N) is 1. The van der Waals surface area contributed by atoms with Crippen molar-refractivity contribution in [3.8, 4) is 5.75 Å². The zero-order chi connectivity index (χ0) is 33.8. The highest BCUT2D eigenvalue weighted by atomic mass is 127. The quantitative estimate of drug-likeness (QED) is 0.284. The van der Waals surface area contributed by atoms with Gasteiger partial charge in [-0.15, -0.1) is 0 Å². The van der Waals surface area contributed by atoms with E-state index in [2.05, 4.69) is 45.2 Å². The zero-order valence-corrected chi connectivity index (χ0v) is 31.1. The molecule has 1 spiro atoms. The number of aromatic nitrogens is 1. The molecule has 256 valence electrons. The van der Waals surface area contributed by atoms with Gasteiger partial charge in [-0.3, -0.25) is 9.59 Å². The summed E-state index contributed by atoms with van der Waals surface area (Å²) in [5.41, 5.74) is 2.08. The monoisotopic (exact) mass is 797 g/mol. The summed E-state index contributed by atoms with van der Waals surface area (Å²) in [6.45, 7) is 5.75. The summed E-state index contributed by atoms with van der Waals surface area (Å²) >= 11 is 8.67. The Morgan fingerprint density at radius 1 is 1.21 bits per heavy atom. The molecule has 2 aliphatic carbocycles. The molecule has 1 N–H and O–H groups in total. The Morgan fingerprint density at radius 2 is 2.00 bits per heavy atom. The van der Waals surface area contributed by atoms with Gasteiger partial charge >= 0.3 is 0 Å². The highest BCUT2D eigenvalue weighted by Crippen LogP contribution is 2.45. The first-order valence-electron chi connectivity index (χ1n) is 16.5. The van der Waals surface area contributed by atoms with Crippen LogP contribution in [0.5, 0.6) is 5.75 Å². The molecule has 1 aromatic carbocycles. The predicted molar refractivity (Wildman–Crippen MR) is 193 cm³/mol. The SMILES string of the molecule is CCI.COCC[C@@H]1[C@@H](C)C/C=C/C(=O)[C@@H]2CC[C@H]2CN2C[C@@]3(CCCc4cc(Cl)ccc43)COc3ccc(nc32)C(=O)NS1(=O)=O. The Morgan fingerprint density at radius 3 is 2.72 bits per heavy atom. The Balaban J connectivity index is 0.00000139. The Labute approximate surface area is 297 Å². The van der Waals surface area contributed by atoms with Crippen LogP contribution < -0.4 is 14.4 Å². The molecule has 9 nitrogen and oxygen atoms in total. The van der Waals surface area contributed by atoms with Gasteiger partial charge in [0.1, 0.15) is 5.69 Å². The summed E-state index contributed by atoms with van der Waals surface area (Å²) in [6, 6.07) is 9.30. The molecule has 3 heterocycles. The molecule has 2 aromatic rings. The van der Waals surface area contributed by atoms with Gasteiger partial charge in [0, 0.05) is 43.2 Å². The summed E-state index contributed by atoms with van der Waals surface area (Å²) in [6.07, 6.45) is 8.57. The second-order valence-corrected chi connectivity index (χ2v) is 17.0. The lowest BCUT2D eigenvalue weighted by molar-refractivity contribution is -0.122. The number of benzene rings is 1. The van der Waals surface area contributed by atoms with Crippen molar-refractivity contribution in [1.29, 1.82) is 0 Å². The molecule has 1 fully saturated rings. The number of carbonyl (C=O) groups excluding carboxylic acids is 2. The maximum Gasteiger partial charge on any atom is 0.283 e. The number of halogens is 2. The number of ketones is 1.